The summed E-state index contributed by atoms with van der Waals surface area (Å²) in [5, 5.41) is 16.7. The van der Waals surface area contributed by atoms with Gasteiger partial charge in [0.15, 0.2) is 0 Å². The number of hydrogen-bond donors (Lipinski definition) is 3. The first-order chi connectivity index (χ1) is 26.3. The lowest BCUT2D eigenvalue weighted by molar-refractivity contribution is -0.122. The Bertz CT molecular complexity index is 1820. The zero-order chi connectivity index (χ0) is 39.1. The normalized spacial score (nSPS) is 11.8. The van der Waals surface area contributed by atoms with Gasteiger partial charge in [0.2, 0.25) is 6.36 Å². The third-order valence-electron chi connectivity index (χ3n) is 7.30. The van der Waals surface area contributed by atoms with E-state index in [1.807, 2.05) is 24.3 Å². The van der Waals surface area contributed by atoms with E-state index in [4.69, 9.17) is 24.1 Å². The summed E-state index contributed by atoms with van der Waals surface area (Å²) in [6.45, 7) is 9.03. The molecule has 14 heteroatoms. The first-order valence-electron chi connectivity index (χ1n) is 16.8. The summed E-state index contributed by atoms with van der Waals surface area (Å²) in [5.41, 5.74) is 3.63. The highest BCUT2D eigenvalue weighted by Crippen LogP contribution is 2.31. The molecular formula is C40H42FN5O8. The Balaban J connectivity index is 0.000000274. The van der Waals surface area contributed by atoms with Crippen LogP contribution in [-0.4, -0.2) is 77.3 Å². The molecule has 0 bridgehead atoms. The van der Waals surface area contributed by atoms with Gasteiger partial charge in [0.05, 0.1) is 22.4 Å². The summed E-state index contributed by atoms with van der Waals surface area (Å²) in [5.74, 6) is 0.114. The van der Waals surface area contributed by atoms with Gasteiger partial charge in [-0.3, -0.25) is 14.7 Å². The Morgan fingerprint density at radius 2 is 1.43 bits per heavy atom. The largest absolute Gasteiger partial charge is 0.483 e. The SMILES string of the molecule is C=C.CC(F)Oc1ccc(NC(=O)c2cnc(N3CCCC3)c(-c3ccn[nH]3)c2)cc1.O=C(OCCOC(=O)c1ccccc1)c1ccccc1.O=CO. The van der Waals surface area contributed by atoms with Crippen molar-refractivity contribution >= 4 is 35.8 Å². The highest BCUT2D eigenvalue weighted by molar-refractivity contribution is 6.05. The van der Waals surface area contributed by atoms with Crippen LogP contribution in [0.2, 0.25) is 0 Å². The van der Waals surface area contributed by atoms with E-state index in [0.717, 1.165) is 43.0 Å². The van der Waals surface area contributed by atoms with Crippen molar-refractivity contribution in [3.8, 4) is 17.0 Å². The van der Waals surface area contributed by atoms with Gasteiger partial charge in [0.25, 0.3) is 12.4 Å². The molecule has 3 heterocycles. The molecule has 1 unspecified atom stereocenters. The maximum absolute atomic E-state index is 12.9. The molecule has 54 heavy (non-hydrogen) atoms. The quantitative estimate of drug-likeness (QED) is 0.0540. The molecule has 2 aromatic heterocycles. The number of amides is 1. The fourth-order valence-electron chi connectivity index (χ4n) is 4.96. The number of nitrogens with zero attached hydrogens (tertiary/aromatic N) is 3. The zero-order valence-corrected chi connectivity index (χ0v) is 29.7. The Morgan fingerprint density at radius 1 is 0.889 bits per heavy atom. The van der Waals surface area contributed by atoms with Gasteiger partial charge in [-0.25, -0.2) is 19.0 Å². The number of H-pyrrole nitrogens is 1. The number of nitrogens with one attached hydrogen (secondary N) is 2. The molecule has 1 atom stereocenters. The first-order valence-corrected chi connectivity index (χ1v) is 16.8. The molecule has 6 rings (SSSR count). The highest BCUT2D eigenvalue weighted by atomic mass is 19.1. The second-order valence-corrected chi connectivity index (χ2v) is 11.0. The first kappa shape index (κ1) is 41.6. The van der Waals surface area contributed by atoms with Crippen LogP contribution in [0.25, 0.3) is 11.3 Å². The van der Waals surface area contributed by atoms with Crippen molar-refractivity contribution in [3.63, 3.8) is 0 Å². The lowest BCUT2D eigenvalue weighted by Crippen LogP contribution is -2.21. The average Bonchev–Trinajstić information content (AvgIpc) is 3.95. The van der Waals surface area contributed by atoms with Gasteiger partial charge in [-0.15, -0.1) is 13.2 Å². The molecule has 1 fully saturated rings. The number of carbonyl (C=O) groups excluding carboxylic acids is 3. The van der Waals surface area contributed by atoms with Gasteiger partial charge < -0.3 is 29.5 Å². The van der Waals surface area contributed by atoms with E-state index in [9.17, 15) is 18.8 Å². The number of rotatable bonds is 11. The zero-order valence-electron chi connectivity index (χ0n) is 29.7. The maximum Gasteiger partial charge on any atom is 0.338 e. The number of ether oxygens (including phenoxy) is 3. The van der Waals surface area contributed by atoms with Crippen LogP contribution in [0.4, 0.5) is 15.9 Å². The second kappa shape index (κ2) is 22.9. The van der Waals surface area contributed by atoms with Crippen LogP contribution in [-0.2, 0) is 14.3 Å². The van der Waals surface area contributed by atoms with Crippen LogP contribution in [0.3, 0.4) is 0 Å². The van der Waals surface area contributed by atoms with Gasteiger partial charge in [-0.1, -0.05) is 36.4 Å². The fraction of sp³-hybridized carbons (Fsp3) is 0.200. The van der Waals surface area contributed by atoms with Gasteiger partial charge in [0, 0.05) is 43.7 Å². The summed E-state index contributed by atoms with van der Waals surface area (Å²) >= 11 is 0. The molecule has 282 valence electrons. The molecular weight excluding hydrogens is 697 g/mol. The number of halogens is 1. The van der Waals surface area contributed by atoms with E-state index in [1.165, 1.54) is 6.92 Å². The number of esters is 2. The summed E-state index contributed by atoms with van der Waals surface area (Å²) in [7, 11) is 0. The van der Waals surface area contributed by atoms with Crippen LogP contribution >= 0.6 is 0 Å². The summed E-state index contributed by atoms with van der Waals surface area (Å²) in [6.07, 6.45) is 4.14. The Kier molecular flexibility index (Phi) is 17.6. The monoisotopic (exact) mass is 739 g/mol. The molecule has 0 aliphatic carbocycles. The van der Waals surface area contributed by atoms with Crippen molar-refractivity contribution in [3.05, 3.63) is 139 Å². The molecule has 13 nitrogen and oxygen atoms in total. The van der Waals surface area contributed by atoms with Crippen LogP contribution in [0.15, 0.2) is 123 Å². The molecule has 5 aromatic rings. The van der Waals surface area contributed by atoms with E-state index >= 15 is 0 Å². The highest BCUT2D eigenvalue weighted by Gasteiger charge is 2.21. The average molecular weight is 740 g/mol. The van der Waals surface area contributed by atoms with Crippen molar-refractivity contribution in [2.75, 3.05) is 36.5 Å². The van der Waals surface area contributed by atoms with Crippen LogP contribution in [0.1, 0.15) is 50.8 Å². The molecule has 1 amide bonds. The minimum atomic E-state index is -1.39. The fourth-order valence-corrected chi connectivity index (χ4v) is 4.96. The Labute approximate surface area is 312 Å². The van der Waals surface area contributed by atoms with Gasteiger partial charge >= 0.3 is 11.9 Å². The van der Waals surface area contributed by atoms with E-state index in [-0.39, 0.29) is 25.6 Å². The lowest BCUT2D eigenvalue weighted by atomic mass is 10.1. The van der Waals surface area contributed by atoms with E-state index in [1.54, 1.807) is 85.2 Å². The predicted octanol–water partition coefficient (Wildman–Crippen LogP) is 7.22. The number of benzene rings is 3. The Hall–Kier alpha value is -6.83. The second-order valence-electron chi connectivity index (χ2n) is 11.0. The van der Waals surface area contributed by atoms with Crippen LogP contribution < -0.4 is 15.0 Å². The Morgan fingerprint density at radius 3 is 1.91 bits per heavy atom. The summed E-state index contributed by atoms with van der Waals surface area (Å²) in [6, 6.07) is 27.6. The van der Waals surface area contributed by atoms with Crippen molar-refractivity contribution in [1.29, 1.82) is 0 Å². The lowest BCUT2D eigenvalue weighted by Gasteiger charge is -2.20. The van der Waals surface area contributed by atoms with Crippen molar-refractivity contribution in [2.24, 2.45) is 0 Å². The minimum Gasteiger partial charge on any atom is -0.483 e. The number of pyridine rings is 1. The van der Waals surface area contributed by atoms with Crippen molar-refractivity contribution in [1.82, 2.24) is 15.2 Å². The number of hydrogen-bond acceptors (Lipinski definition) is 10. The topological polar surface area (TPSA) is 173 Å². The van der Waals surface area contributed by atoms with Crippen LogP contribution in [0, 0.1) is 0 Å². The third kappa shape index (κ3) is 13.4. The van der Waals surface area contributed by atoms with E-state index < -0.39 is 18.3 Å². The number of carboxylic acid groups (broad SMARTS) is 1. The number of aromatic amines is 1. The number of carbonyl (C=O) groups is 4. The van der Waals surface area contributed by atoms with E-state index in [2.05, 4.69) is 38.6 Å². The molecule has 0 saturated carbocycles. The van der Waals surface area contributed by atoms with Crippen molar-refractivity contribution in [2.45, 2.75) is 26.1 Å². The number of anilines is 2. The van der Waals surface area contributed by atoms with E-state index in [0.29, 0.717) is 28.1 Å². The molecule has 0 spiro atoms. The van der Waals surface area contributed by atoms with Crippen molar-refractivity contribution < 1.29 is 42.9 Å². The molecule has 1 aliphatic rings. The van der Waals surface area contributed by atoms with Crippen LogP contribution in [0.5, 0.6) is 5.75 Å². The molecule has 1 aliphatic heterocycles. The molecule has 3 aromatic carbocycles. The smallest absolute Gasteiger partial charge is 0.338 e. The molecule has 3 N–H and O–H groups in total. The molecule has 0 radical (unpaired) electrons. The van der Waals surface area contributed by atoms with Gasteiger partial charge in [0.1, 0.15) is 24.8 Å². The standard InChI is InChI=1S/C21H22FN5O2.C16H14O4.C2H4.CH2O2/c1-14(22)29-17-6-4-16(5-7-17)25-21(28)15-12-18(19-8-9-24-26-19)20(23-13-15)27-10-2-3-11-27;17-15(13-7-3-1-4-8-13)19-11-12-20-16(18)14-9-5-2-6-10-14;1-2;2-1-3/h4-9,12-14H,2-3,10-11H2,1H3,(H,24,26)(H,25,28);1-10H,11-12H2;1-2H2;1H,(H,2,3). The third-order valence-corrected chi connectivity index (χ3v) is 7.30. The summed E-state index contributed by atoms with van der Waals surface area (Å²) < 4.78 is 27.9. The minimum absolute atomic E-state index is 0.0340. The number of alkyl halides is 1. The molecule has 1 saturated heterocycles. The summed E-state index contributed by atoms with van der Waals surface area (Å²) in [4.78, 5) is 51.1. The maximum atomic E-state index is 12.9. The predicted molar refractivity (Wildman–Crippen MR) is 202 cm³/mol. The van der Waals surface area contributed by atoms with Gasteiger partial charge in [-0.2, -0.15) is 5.10 Å². The van der Waals surface area contributed by atoms with Gasteiger partial charge in [-0.05, 0) is 73.5 Å². The number of aromatic nitrogens is 3.